The molecule has 2 aromatic rings. The first-order valence-electron chi connectivity index (χ1n) is 7.01. The van der Waals surface area contributed by atoms with Crippen LogP contribution in [0.15, 0.2) is 70.9 Å². The fourth-order valence-electron chi connectivity index (χ4n) is 1.76. The fourth-order valence-corrected chi connectivity index (χ4v) is 1.76. The number of nitrogens with one attached hydrogen (secondary N) is 2. The number of rotatable bonds is 6. The molecule has 0 unspecified atom stereocenters. The van der Waals surface area contributed by atoms with Crippen molar-refractivity contribution in [1.29, 1.82) is 0 Å². The van der Waals surface area contributed by atoms with Gasteiger partial charge >= 0.3 is 6.03 Å². The van der Waals surface area contributed by atoms with Gasteiger partial charge in [-0.25, -0.2) is 15.6 Å². The van der Waals surface area contributed by atoms with Gasteiger partial charge in [0.1, 0.15) is 0 Å². The Hall–Kier alpha value is -2.95. The van der Waals surface area contributed by atoms with Crippen molar-refractivity contribution < 1.29 is 4.79 Å². The van der Waals surface area contributed by atoms with Gasteiger partial charge < -0.3 is 0 Å². The summed E-state index contributed by atoms with van der Waals surface area (Å²) in [5.41, 5.74) is 6.98. The summed E-state index contributed by atoms with van der Waals surface area (Å²) in [6.07, 6.45) is 4.61. The van der Waals surface area contributed by atoms with E-state index in [2.05, 4.69) is 21.1 Å². The molecule has 0 heterocycles. The molecule has 22 heavy (non-hydrogen) atoms. The van der Waals surface area contributed by atoms with Gasteiger partial charge in [-0.15, -0.1) is 0 Å². The fraction of sp³-hybridized carbons (Fsp3) is 0.118. The van der Waals surface area contributed by atoms with Crippen LogP contribution in [0.1, 0.15) is 11.1 Å². The van der Waals surface area contributed by atoms with Crippen molar-refractivity contribution in [3.05, 3.63) is 71.8 Å². The molecule has 2 N–H and O–H groups in total. The molecular formula is C17H18N4O. The first-order chi connectivity index (χ1) is 10.8. The van der Waals surface area contributed by atoms with Crippen LogP contribution in [0.5, 0.6) is 0 Å². The maximum Gasteiger partial charge on any atom is 0.355 e. The van der Waals surface area contributed by atoms with Crippen LogP contribution in [-0.4, -0.2) is 18.5 Å². The van der Waals surface area contributed by atoms with Crippen molar-refractivity contribution in [1.82, 2.24) is 10.9 Å². The Labute approximate surface area is 129 Å². The Morgan fingerprint density at radius 1 is 0.773 bits per heavy atom. The van der Waals surface area contributed by atoms with E-state index >= 15 is 0 Å². The van der Waals surface area contributed by atoms with E-state index in [4.69, 9.17) is 0 Å². The maximum absolute atomic E-state index is 11.4. The Morgan fingerprint density at radius 2 is 1.18 bits per heavy atom. The third-order valence-electron chi connectivity index (χ3n) is 2.85. The van der Waals surface area contributed by atoms with E-state index in [0.717, 1.165) is 11.1 Å². The SMILES string of the molecule is O=C(N/N=C/Cc1ccccc1)N/N=C/Cc1ccccc1. The molecule has 5 heteroatoms. The molecule has 0 atom stereocenters. The molecule has 0 saturated heterocycles. The lowest BCUT2D eigenvalue weighted by Gasteiger charge is -1.98. The molecule has 0 bridgehead atoms. The molecule has 2 amide bonds. The number of carbonyl (C=O) groups is 1. The number of amides is 2. The molecule has 2 aromatic carbocycles. The summed E-state index contributed by atoms with van der Waals surface area (Å²) in [5.74, 6) is 0. The summed E-state index contributed by atoms with van der Waals surface area (Å²) in [7, 11) is 0. The van der Waals surface area contributed by atoms with Crippen LogP contribution in [0.2, 0.25) is 0 Å². The van der Waals surface area contributed by atoms with Crippen molar-refractivity contribution in [2.24, 2.45) is 10.2 Å². The minimum absolute atomic E-state index is 0.464. The van der Waals surface area contributed by atoms with Crippen LogP contribution in [0.25, 0.3) is 0 Å². The van der Waals surface area contributed by atoms with Crippen molar-refractivity contribution in [2.45, 2.75) is 12.8 Å². The van der Waals surface area contributed by atoms with E-state index in [1.54, 1.807) is 12.4 Å². The summed E-state index contributed by atoms with van der Waals surface area (Å²) >= 11 is 0. The second kappa shape index (κ2) is 9.07. The number of carbonyl (C=O) groups excluding carboxylic acids is 1. The molecular weight excluding hydrogens is 276 g/mol. The summed E-state index contributed by atoms with van der Waals surface area (Å²) in [6.45, 7) is 0. The van der Waals surface area contributed by atoms with Crippen LogP contribution in [0.3, 0.4) is 0 Å². The smallest absolute Gasteiger partial charge is 0.245 e. The molecule has 0 aromatic heterocycles. The van der Waals surface area contributed by atoms with Crippen LogP contribution in [0.4, 0.5) is 4.79 Å². The van der Waals surface area contributed by atoms with Gasteiger partial charge in [0.05, 0.1) is 0 Å². The molecule has 0 aliphatic rings. The Morgan fingerprint density at radius 3 is 1.59 bits per heavy atom. The first kappa shape index (κ1) is 15.4. The molecule has 0 spiro atoms. The van der Waals surface area contributed by atoms with Gasteiger partial charge in [-0.2, -0.15) is 10.2 Å². The summed E-state index contributed by atoms with van der Waals surface area (Å²) in [4.78, 5) is 11.4. The third-order valence-corrected chi connectivity index (χ3v) is 2.85. The summed E-state index contributed by atoms with van der Waals surface area (Å²) < 4.78 is 0. The van der Waals surface area contributed by atoms with Crippen molar-refractivity contribution in [3.63, 3.8) is 0 Å². The lowest BCUT2D eigenvalue weighted by Crippen LogP contribution is -2.28. The monoisotopic (exact) mass is 294 g/mol. The lowest BCUT2D eigenvalue weighted by molar-refractivity contribution is 0.242. The molecule has 0 aliphatic carbocycles. The van der Waals surface area contributed by atoms with E-state index in [-0.39, 0.29) is 0 Å². The average molecular weight is 294 g/mol. The highest BCUT2D eigenvalue weighted by Gasteiger charge is 1.94. The zero-order chi connectivity index (χ0) is 15.5. The third kappa shape index (κ3) is 6.00. The molecule has 0 aliphatic heterocycles. The van der Waals surface area contributed by atoms with Gasteiger partial charge in [0.15, 0.2) is 0 Å². The van der Waals surface area contributed by atoms with Gasteiger partial charge in [0, 0.05) is 25.3 Å². The molecule has 5 nitrogen and oxygen atoms in total. The summed E-state index contributed by atoms with van der Waals surface area (Å²) in [5, 5.41) is 7.69. The standard InChI is InChI=1S/C17H18N4O/c22-17(20-18-13-11-15-7-3-1-4-8-15)21-19-14-12-16-9-5-2-6-10-16/h1-10,13-14H,11-12H2,(H2,20,21,22)/b18-13+,19-14+. The van der Waals surface area contributed by atoms with Crippen LogP contribution < -0.4 is 10.9 Å². The maximum atomic E-state index is 11.4. The highest BCUT2D eigenvalue weighted by molar-refractivity contribution is 5.76. The number of hydrogen-bond donors (Lipinski definition) is 2. The van der Waals surface area contributed by atoms with Crippen molar-refractivity contribution in [2.75, 3.05) is 0 Å². The second-order valence-corrected chi connectivity index (χ2v) is 4.56. The Kier molecular flexibility index (Phi) is 6.37. The van der Waals surface area contributed by atoms with Gasteiger partial charge in [-0.3, -0.25) is 0 Å². The first-order valence-corrected chi connectivity index (χ1v) is 7.01. The van der Waals surface area contributed by atoms with Crippen LogP contribution in [0, 0.1) is 0 Å². The second-order valence-electron chi connectivity index (χ2n) is 4.56. The zero-order valence-electron chi connectivity index (χ0n) is 12.1. The molecule has 0 radical (unpaired) electrons. The zero-order valence-corrected chi connectivity index (χ0v) is 12.1. The lowest BCUT2D eigenvalue weighted by atomic mass is 10.2. The molecule has 2 rings (SSSR count). The van der Waals surface area contributed by atoms with Crippen LogP contribution in [-0.2, 0) is 12.8 Å². The molecule has 0 fully saturated rings. The quantitative estimate of drug-likeness (QED) is 0.624. The van der Waals surface area contributed by atoms with Gasteiger partial charge in [-0.1, -0.05) is 60.7 Å². The van der Waals surface area contributed by atoms with Gasteiger partial charge in [-0.05, 0) is 11.1 Å². The van der Waals surface area contributed by atoms with E-state index in [1.807, 2.05) is 60.7 Å². The predicted molar refractivity (Wildman–Crippen MR) is 88.9 cm³/mol. The average Bonchev–Trinajstić information content (AvgIpc) is 2.57. The molecule has 112 valence electrons. The number of hydrogen-bond acceptors (Lipinski definition) is 3. The van der Waals surface area contributed by atoms with E-state index in [1.165, 1.54) is 0 Å². The largest absolute Gasteiger partial charge is 0.355 e. The number of urea groups is 1. The van der Waals surface area contributed by atoms with Gasteiger partial charge in [0.25, 0.3) is 0 Å². The van der Waals surface area contributed by atoms with E-state index in [9.17, 15) is 4.79 Å². The number of hydrazone groups is 2. The predicted octanol–water partition coefficient (Wildman–Crippen LogP) is 2.74. The minimum atomic E-state index is -0.464. The van der Waals surface area contributed by atoms with Gasteiger partial charge in [0.2, 0.25) is 0 Å². The highest BCUT2D eigenvalue weighted by Crippen LogP contribution is 1.97. The normalized spacial score (nSPS) is 10.9. The Balaban J connectivity index is 1.63. The highest BCUT2D eigenvalue weighted by atomic mass is 16.2. The summed E-state index contributed by atoms with van der Waals surface area (Å²) in [6, 6.07) is 19.3. The Bertz CT molecular complexity index is 568. The van der Waals surface area contributed by atoms with Crippen molar-refractivity contribution >= 4 is 18.5 Å². The van der Waals surface area contributed by atoms with E-state index in [0.29, 0.717) is 12.8 Å². The minimum Gasteiger partial charge on any atom is -0.245 e. The van der Waals surface area contributed by atoms with Crippen molar-refractivity contribution in [3.8, 4) is 0 Å². The van der Waals surface area contributed by atoms with E-state index < -0.39 is 6.03 Å². The topological polar surface area (TPSA) is 65.8 Å². The van der Waals surface area contributed by atoms with Crippen LogP contribution >= 0.6 is 0 Å². The number of benzene rings is 2. The number of nitrogens with zero attached hydrogens (tertiary/aromatic N) is 2. The molecule has 0 saturated carbocycles.